The molecular weight excluding hydrogens is 473 g/mol. The Labute approximate surface area is 194 Å². The van der Waals surface area contributed by atoms with Crippen LogP contribution in [-0.2, 0) is 23.4 Å². The molecule has 5 atom stereocenters. The molecule has 2 heterocycles. The third-order valence-corrected chi connectivity index (χ3v) is 6.30. The number of hydrogen-bond donors (Lipinski definition) is 3. The van der Waals surface area contributed by atoms with Crippen LogP contribution in [0.25, 0.3) is 0 Å². The van der Waals surface area contributed by atoms with Gasteiger partial charge >= 0.3 is 19.8 Å². The summed E-state index contributed by atoms with van der Waals surface area (Å²) in [5.74, 6) is -1.15. The molecule has 0 saturated carbocycles. The minimum absolute atomic E-state index is 0.0114. The van der Waals surface area contributed by atoms with Gasteiger partial charge in [0, 0.05) is 25.8 Å². The molecule has 3 rings (SSSR count). The molecule has 0 aliphatic carbocycles. The largest absolute Gasteiger partial charge is 0.653 e. The number of hydroxylamine groups is 1. The second kappa shape index (κ2) is 11.0. The molecule has 2 unspecified atom stereocenters. The van der Waals surface area contributed by atoms with Gasteiger partial charge in [-0.1, -0.05) is 18.2 Å². The third kappa shape index (κ3) is 5.76. The van der Waals surface area contributed by atoms with Gasteiger partial charge in [-0.05, 0) is 23.6 Å². The number of aliphatic hydroxyl groups excluding tert-OH is 1. The summed E-state index contributed by atoms with van der Waals surface area (Å²) in [6.07, 6.45) is -1.71. The Balaban J connectivity index is 1.74. The molecule has 13 nitrogen and oxygen atoms in total. The number of benzene rings is 1. The summed E-state index contributed by atoms with van der Waals surface area (Å²) in [6, 6.07) is 9.25. The Morgan fingerprint density at radius 2 is 2.03 bits per heavy atom. The monoisotopic (exact) mass is 498 g/mol. The summed E-state index contributed by atoms with van der Waals surface area (Å²) in [7, 11) is -1.63. The van der Waals surface area contributed by atoms with Crippen molar-refractivity contribution in [3.05, 3.63) is 63.4 Å². The Morgan fingerprint density at radius 1 is 1.32 bits per heavy atom. The zero-order valence-electron chi connectivity index (χ0n) is 18.4. The number of H-pyrrole nitrogens is 1. The number of aromatic nitrogens is 2. The SMILES string of the molecule is COCC(C)(C(=O)O)N(Oc1ccccc1)[P+](=O)OC[C@H]1O[C@@H](n2ccc(=O)[nH]c2=O)C[C@@H]1O. The van der Waals surface area contributed by atoms with E-state index in [4.69, 9.17) is 18.8 Å². The highest BCUT2D eigenvalue weighted by Gasteiger charge is 2.56. The second-order valence-electron chi connectivity index (χ2n) is 7.67. The van der Waals surface area contributed by atoms with Gasteiger partial charge in [0.05, 0.1) is 12.7 Å². The van der Waals surface area contributed by atoms with Crippen LogP contribution in [0.2, 0.25) is 0 Å². The van der Waals surface area contributed by atoms with Crippen LogP contribution in [0.4, 0.5) is 0 Å². The number of nitrogens with zero attached hydrogens (tertiary/aromatic N) is 2. The highest BCUT2D eigenvalue weighted by Crippen LogP contribution is 2.39. The van der Waals surface area contributed by atoms with E-state index in [0.29, 0.717) is 4.83 Å². The van der Waals surface area contributed by atoms with Gasteiger partial charge in [-0.2, -0.15) is 0 Å². The van der Waals surface area contributed by atoms with Crippen molar-refractivity contribution >= 4 is 14.1 Å². The van der Waals surface area contributed by atoms with Gasteiger partial charge < -0.3 is 24.5 Å². The highest BCUT2D eigenvalue weighted by atomic mass is 31.1. The van der Waals surface area contributed by atoms with Crippen LogP contribution in [0, 0.1) is 0 Å². The number of carbonyl (C=O) groups is 1. The Morgan fingerprint density at radius 3 is 2.65 bits per heavy atom. The predicted octanol–water partition coefficient (Wildman–Crippen LogP) is 0.645. The molecule has 1 aromatic carbocycles. The number of hydrogen-bond acceptors (Lipinski definition) is 9. The van der Waals surface area contributed by atoms with Gasteiger partial charge in [0.2, 0.25) is 5.54 Å². The molecule has 3 N–H and O–H groups in total. The Bertz CT molecular complexity index is 1120. The van der Waals surface area contributed by atoms with Crippen LogP contribution < -0.4 is 16.1 Å². The van der Waals surface area contributed by atoms with Crippen molar-refractivity contribution in [2.75, 3.05) is 20.3 Å². The molecule has 14 heteroatoms. The molecule has 0 bridgehead atoms. The first-order chi connectivity index (χ1) is 16.2. The van der Waals surface area contributed by atoms with Crippen molar-refractivity contribution in [1.82, 2.24) is 14.4 Å². The van der Waals surface area contributed by atoms with Crippen molar-refractivity contribution in [3.8, 4) is 5.75 Å². The maximum atomic E-state index is 13.1. The first-order valence-electron chi connectivity index (χ1n) is 10.2. The standard InChI is InChI=1S/C20H24N3O10P/c1-20(12-30-2,18(26)27)23(33-13-6-4-3-5-7-13)34(29)31-11-15-14(24)10-17(32-15)22-9-8-16(25)21-19(22)28/h3-9,14-15,17,24H,10-12H2,1-2H3,(H-,21,25,26,27,28)/p+1/t14-,15+,17+,20?/m0/s1. The summed E-state index contributed by atoms with van der Waals surface area (Å²) >= 11 is 0. The van der Waals surface area contributed by atoms with Crippen LogP contribution in [0.3, 0.4) is 0 Å². The molecule has 1 saturated heterocycles. The summed E-state index contributed by atoms with van der Waals surface area (Å²) in [6.45, 7) is 0.486. The number of aromatic amines is 1. The van der Waals surface area contributed by atoms with E-state index < -0.39 is 56.0 Å². The lowest BCUT2D eigenvalue weighted by atomic mass is 10.1. The van der Waals surface area contributed by atoms with E-state index in [1.165, 1.54) is 20.2 Å². The molecule has 2 aromatic rings. The van der Waals surface area contributed by atoms with Crippen molar-refractivity contribution in [3.63, 3.8) is 0 Å². The van der Waals surface area contributed by atoms with Gasteiger partial charge in [0.1, 0.15) is 23.8 Å². The second-order valence-corrected chi connectivity index (χ2v) is 8.77. The quantitative estimate of drug-likeness (QED) is 0.294. The van der Waals surface area contributed by atoms with Gasteiger partial charge in [-0.15, -0.1) is 4.52 Å². The lowest BCUT2D eigenvalue weighted by Crippen LogP contribution is -2.54. The molecule has 1 aliphatic rings. The van der Waals surface area contributed by atoms with E-state index in [1.54, 1.807) is 30.3 Å². The molecule has 34 heavy (non-hydrogen) atoms. The Kier molecular flexibility index (Phi) is 8.31. The van der Waals surface area contributed by atoms with Crippen molar-refractivity contribution < 1.29 is 38.4 Å². The fraction of sp³-hybridized carbons (Fsp3) is 0.450. The average molecular weight is 498 g/mol. The normalized spacial score (nSPS) is 22.4. The number of aliphatic carboxylic acids is 1. The summed E-state index contributed by atoms with van der Waals surface area (Å²) < 4.78 is 30.2. The molecule has 0 spiro atoms. The summed E-state index contributed by atoms with van der Waals surface area (Å²) in [5, 5.41) is 20.1. The predicted molar refractivity (Wildman–Crippen MR) is 116 cm³/mol. The van der Waals surface area contributed by atoms with Crippen molar-refractivity contribution in [2.45, 2.75) is 37.3 Å². The lowest BCUT2D eigenvalue weighted by molar-refractivity contribution is -0.167. The van der Waals surface area contributed by atoms with Gasteiger partial charge in [0.25, 0.3) is 5.56 Å². The first kappa shape index (κ1) is 25.7. The van der Waals surface area contributed by atoms with E-state index in [2.05, 4.69) is 4.98 Å². The molecule has 184 valence electrons. The minimum Gasteiger partial charge on any atom is -0.480 e. The number of para-hydroxylation sites is 1. The number of methoxy groups -OCH3 is 1. The van der Waals surface area contributed by atoms with Crippen molar-refractivity contribution in [2.24, 2.45) is 0 Å². The smallest absolute Gasteiger partial charge is 0.480 e. The summed E-state index contributed by atoms with van der Waals surface area (Å²) in [4.78, 5) is 43.6. The van der Waals surface area contributed by atoms with E-state index in [1.807, 2.05) is 0 Å². The van der Waals surface area contributed by atoms with E-state index in [-0.39, 0.29) is 18.8 Å². The topological polar surface area (TPSA) is 170 Å². The minimum atomic E-state index is -2.92. The summed E-state index contributed by atoms with van der Waals surface area (Å²) in [5.41, 5.74) is -3.18. The molecule has 1 aromatic heterocycles. The number of aliphatic hydroxyl groups is 1. The van der Waals surface area contributed by atoms with Gasteiger partial charge in [-0.25, -0.2) is 9.59 Å². The molecule has 0 amide bonds. The number of rotatable bonds is 11. The fourth-order valence-corrected chi connectivity index (χ4v) is 4.30. The van der Waals surface area contributed by atoms with E-state index >= 15 is 0 Å². The molecule has 1 aliphatic heterocycles. The van der Waals surface area contributed by atoms with E-state index in [9.17, 15) is 29.2 Å². The van der Waals surface area contributed by atoms with Gasteiger partial charge in [0.15, 0.2) is 5.75 Å². The number of ether oxygens (including phenoxy) is 2. The molecule has 0 radical (unpaired) electrons. The highest BCUT2D eigenvalue weighted by molar-refractivity contribution is 7.36. The van der Waals surface area contributed by atoms with Crippen LogP contribution in [0.1, 0.15) is 19.6 Å². The Hall–Kier alpha value is -2.93. The number of carboxylic acids is 1. The van der Waals surface area contributed by atoms with Crippen LogP contribution in [0.15, 0.2) is 52.2 Å². The fourth-order valence-electron chi connectivity index (χ4n) is 3.25. The number of nitrogens with one attached hydrogen (secondary N) is 1. The van der Waals surface area contributed by atoms with Gasteiger partial charge in [-0.3, -0.25) is 14.3 Å². The zero-order chi connectivity index (χ0) is 24.9. The van der Waals surface area contributed by atoms with Crippen molar-refractivity contribution in [1.29, 1.82) is 0 Å². The maximum absolute atomic E-state index is 13.1. The number of carboxylic acid groups (broad SMARTS) is 1. The zero-order valence-corrected chi connectivity index (χ0v) is 19.3. The first-order valence-corrected chi connectivity index (χ1v) is 11.3. The van der Waals surface area contributed by atoms with Crippen LogP contribution in [-0.4, -0.2) is 68.6 Å². The molecular formula is C20H25N3O10P+. The van der Waals surface area contributed by atoms with Crippen LogP contribution in [0.5, 0.6) is 5.75 Å². The average Bonchev–Trinajstić information content (AvgIpc) is 3.16. The van der Waals surface area contributed by atoms with E-state index in [0.717, 1.165) is 10.6 Å². The maximum Gasteiger partial charge on any atom is 0.653 e. The molecule has 1 fully saturated rings. The van der Waals surface area contributed by atoms with Crippen LogP contribution >= 0.6 is 8.18 Å². The third-order valence-electron chi connectivity index (χ3n) is 5.11. The lowest BCUT2D eigenvalue weighted by Gasteiger charge is -2.26.